The molecule has 1 N–H and O–H groups in total. The number of nitrogens with zero attached hydrogens (tertiary/aromatic N) is 1. The van der Waals surface area contributed by atoms with E-state index in [9.17, 15) is 14.7 Å². The molecule has 0 aromatic carbocycles. The first kappa shape index (κ1) is 13.2. The normalized spacial score (nSPS) is 22.4. The molecule has 1 unspecified atom stereocenters. The minimum atomic E-state index is -0.958. The molecule has 4 nitrogen and oxygen atoms in total. The maximum Gasteiger partial charge on any atom is 0.229 e. The predicted octanol–water partition coefficient (Wildman–Crippen LogP) is 1.32. The molecule has 0 radical (unpaired) electrons. The third-order valence-corrected chi connectivity index (χ3v) is 2.94. The second kappa shape index (κ2) is 4.95. The van der Waals surface area contributed by atoms with Crippen LogP contribution in [0.2, 0.25) is 0 Å². The largest absolute Gasteiger partial charge is 0.388 e. The summed E-state index contributed by atoms with van der Waals surface area (Å²) in [5.74, 6) is -0.173. The summed E-state index contributed by atoms with van der Waals surface area (Å²) in [7, 11) is 0. The van der Waals surface area contributed by atoms with Crippen molar-refractivity contribution in [1.82, 2.24) is 4.90 Å². The second-order valence-corrected chi connectivity index (χ2v) is 5.13. The molecule has 1 aliphatic rings. The molecule has 1 heterocycles. The number of hydrogen-bond acceptors (Lipinski definition) is 3. The lowest BCUT2D eigenvalue weighted by atomic mass is 9.94. The molecule has 0 saturated carbocycles. The van der Waals surface area contributed by atoms with E-state index >= 15 is 0 Å². The van der Waals surface area contributed by atoms with Crippen LogP contribution in [-0.4, -0.2) is 34.0 Å². The number of carbonyl (C=O) groups is 2. The van der Waals surface area contributed by atoms with Gasteiger partial charge in [0, 0.05) is 12.8 Å². The van der Waals surface area contributed by atoms with Crippen LogP contribution in [0.5, 0.6) is 0 Å². The number of rotatable bonds is 4. The SMILES string of the molecule is CCCC(C)(O)CN1C(=O)CC(C)CC1=O. The van der Waals surface area contributed by atoms with Gasteiger partial charge in [-0.15, -0.1) is 0 Å². The van der Waals surface area contributed by atoms with Crippen LogP contribution in [0.1, 0.15) is 46.5 Å². The van der Waals surface area contributed by atoms with Gasteiger partial charge in [-0.05, 0) is 19.3 Å². The van der Waals surface area contributed by atoms with Crippen molar-refractivity contribution in [3.63, 3.8) is 0 Å². The van der Waals surface area contributed by atoms with Crippen molar-refractivity contribution in [3.05, 3.63) is 0 Å². The number of hydrogen-bond donors (Lipinski definition) is 1. The van der Waals surface area contributed by atoms with Gasteiger partial charge in [-0.3, -0.25) is 14.5 Å². The Bertz CT molecular complexity index is 268. The highest BCUT2D eigenvalue weighted by Gasteiger charge is 2.34. The maximum absolute atomic E-state index is 11.7. The lowest BCUT2D eigenvalue weighted by Gasteiger charge is -2.34. The summed E-state index contributed by atoms with van der Waals surface area (Å²) >= 11 is 0. The molecule has 2 amide bonds. The van der Waals surface area contributed by atoms with Gasteiger partial charge in [0.05, 0.1) is 12.1 Å². The van der Waals surface area contributed by atoms with Crippen molar-refractivity contribution in [1.29, 1.82) is 0 Å². The Balaban J connectivity index is 2.66. The Labute approximate surface area is 96.6 Å². The molecule has 0 aromatic rings. The zero-order chi connectivity index (χ0) is 12.3. The molecule has 1 aliphatic heterocycles. The van der Waals surface area contributed by atoms with E-state index in [1.54, 1.807) is 6.92 Å². The third-order valence-electron chi connectivity index (χ3n) is 2.94. The van der Waals surface area contributed by atoms with E-state index in [-0.39, 0.29) is 24.3 Å². The number of β-amino-alcohol motifs (C(OH)–C–C–N with tert-alkyl or cyclic N) is 1. The minimum Gasteiger partial charge on any atom is -0.388 e. The Kier molecular flexibility index (Phi) is 4.08. The Hall–Kier alpha value is -0.900. The van der Waals surface area contributed by atoms with Gasteiger partial charge in [-0.2, -0.15) is 0 Å². The van der Waals surface area contributed by atoms with Crippen LogP contribution in [0, 0.1) is 5.92 Å². The molecule has 0 aromatic heterocycles. The van der Waals surface area contributed by atoms with Crippen molar-refractivity contribution in [2.75, 3.05) is 6.54 Å². The summed E-state index contributed by atoms with van der Waals surface area (Å²) in [6.07, 6.45) is 2.25. The molecule has 1 atom stereocenters. The van der Waals surface area contributed by atoms with Crippen LogP contribution < -0.4 is 0 Å². The van der Waals surface area contributed by atoms with Gasteiger partial charge in [-0.1, -0.05) is 20.3 Å². The topological polar surface area (TPSA) is 57.6 Å². The highest BCUT2D eigenvalue weighted by atomic mass is 16.3. The lowest BCUT2D eigenvalue weighted by molar-refractivity contribution is -0.153. The molecule has 16 heavy (non-hydrogen) atoms. The van der Waals surface area contributed by atoms with Crippen LogP contribution in [0.3, 0.4) is 0 Å². The molecular formula is C12H21NO3. The molecule has 0 bridgehead atoms. The minimum absolute atomic E-state index is 0.130. The first-order valence-corrected chi connectivity index (χ1v) is 5.91. The number of likely N-dealkylation sites (tertiary alicyclic amines) is 1. The second-order valence-electron chi connectivity index (χ2n) is 5.13. The van der Waals surface area contributed by atoms with Gasteiger partial charge in [0.2, 0.25) is 11.8 Å². The molecule has 1 rings (SSSR count). The van der Waals surface area contributed by atoms with E-state index in [2.05, 4.69) is 0 Å². The monoisotopic (exact) mass is 227 g/mol. The van der Waals surface area contributed by atoms with Crippen molar-refractivity contribution in [3.8, 4) is 0 Å². The summed E-state index contributed by atoms with van der Waals surface area (Å²) in [5.41, 5.74) is -0.958. The molecule has 1 fully saturated rings. The van der Waals surface area contributed by atoms with E-state index in [0.29, 0.717) is 19.3 Å². The first-order chi connectivity index (χ1) is 7.35. The molecular weight excluding hydrogens is 206 g/mol. The standard InChI is InChI=1S/C12H21NO3/c1-4-5-12(3,16)8-13-10(14)6-9(2)7-11(13)15/h9,16H,4-8H2,1-3H3. The van der Waals surface area contributed by atoms with Crippen LogP contribution in [-0.2, 0) is 9.59 Å². The number of amides is 2. The lowest BCUT2D eigenvalue weighted by Crippen LogP contribution is -2.50. The average molecular weight is 227 g/mol. The van der Waals surface area contributed by atoms with E-state index in [1.165, 1.54) is 4.90 Å². The van der Waals surface area contributed by atoms with Gasteiger partial charge in [0.15, 0.2) is 0 Å². The number of piperidine rings is 1. The summed E-state index contributed by atoms with van der Waals surface area (Å²) < 4.78 is 0. The van der Waals surface area contributed by atoms with E-state index in [1.807, 2.05) is 13.8 Å². The third kappa shape index (κ3) is 3.30. The van der Waals surface area contributed by atoms with E-state index < -0.39 is 5.60 Å². The number of carbonyl (C=O) groups excluding carboxylic acids is 2. The van der Waals surface area contributed by atoms with Gasteiger partial charge in [0.1, 0.15) is 0 Å². The maximum atomic E-state index is 11.7. The van der Waals surface area contributed by atoms with Gasteiger partial charge >= 0.3 is 0 Å². The highest BCUT2D eigenvalue weighted by Crippen LogP contribution is 2.22. The molecule has 0 spiro atoms. The van der Waals surface area contributed by atoms with E-state index in [0.717, 1.165) is 6.42 Å². The van der Waals surface area contributed by atoms with Gasteiger partial charge in [0.25, 0.3) is 0 Å². The summed E-state index contributed by atoms with van der Waals surface area (Å²) in [6, 6.07) is 0. The van der Waals surface area contributed by atoms with Gasteiger partial charge in [-0.25, -0.2) is 0 Å². The fourth-order valence-electron chi connectivity index (χ4n) is 2.16. The Morgan fingerprint density at radius 3 is 2.31 bits per heavy atom. The zero-order valence-corrected chi connectivity index (χ0v) is 10.3. The van der Waals surface area contributed by atoms with Gasteiger partial charge < -0.3 is 5.11 Å². The number of aliphatic hydroxyl groups is 1. The van der Waals surface area contributed by atoms with E-state index in [4.69, 9.17) is 0 Å². The average Bonchev–Trinajstić information content (AvgIpc) is 2.11. The molecule has 1 saturated heterocycles. The summed E-state index contributed by atoms with van der Waals surface area (Å²) in [5, 5.41) is 10.0. The van der Waals surface area contributed by atoms with Crippen molar-refractivity contribution in [2.45, 2.75) is 52.1 Å². The molecule has 0 aliphatic carbocycles. The zero-order valence-electron chi connectivity index (χ0n) is 10.3. The summed E-state index contributed by atoms with van der Waals surface area (Å²) in [6.45, 7) is 5.67. The fourth-order valence-corrected chi connectivity index (χ4v) is 2.16. The molecule has 4 heteroatoms. The smallest absolute Gasteiger partial charge is 0.229 e. The molecule has 92 valence electrons. The summed E-state index contributed by atoms with van der Waals surface area (Å²) in [4.78, 5) is 24.6. The van der Waals surface area contributed by atoms with Crippen LogP contribution in [0.25, 0.3) is 0 Å². The van der Waals surface area contributed by atoms with Crippen molar-refractivity contribution in [2.24, 2.45) is 5.92 Å². The Morgan fingerprint density at radius 1 is 1.38 bits per heavy atom. The fraction of sp³-hybridized carbons (Fsp3) is 0.833. The van der Waals surface area contributed by atoms with Crippen LogP contribution >= 0.6 is 0 Å². The first-order valence-electron chi connectivity index (χ1n) is 5.91. The van der Waals surface area contributed by atoms with Crippen LogP contribution in [0.4, 0.5) is 0 Å². The highest BCUT2D eigenvalue weighted by molar-refractivity contribution is 5.97. The number of imide groups is 1. The quantitative estimate of drug-likeness (QED) is 0.737. The van der Waals surface area contributed by atoms with Crippen LogP contribution in [0.15, 0.2) is 0 Å². The Morgan fingerprint density at radius 2 is 1.88 bits per heavy atom. The van der Waals surface area contributed by atoms with Crippen molar-refractivity contribution < 1.29 is 14.7 Å². The van der Waals surface area contributed by atoms with Crippen molar-refractivity contribution >= 4 is 11.8 Å². The predicted molar refractivity (Wildman–Crippen MR) is 60.6 cm³/mol.